The molecule has 0 heterocycles. The Morgan fingerprint density at radius 2 is 1.53 bits per heavy atom. The van der Waals surface area contributed by atoms with E-state index >= 15 is 0 Å². The van der Waals surface area contributed by atoms with E-state index in [2.05, 4.69) is 15.6 Å². The number of aliphatic imine (C=N–C) groups is 1. The Labute approximate surface area is 178 Å². The first kappa shape index (κ1) is 23.0. The van der Waals surface area contributed by atoms with Crippen LogP contribution in [0.5, 0.6) is 28.7 Å². The Balaban J connectivity index is 2.28. The molecule has 0 fully saturated rings. The quantitative estimate of drug-likeness (QED) is 0.451. The second-order valence-corrected chi connectivity index (χ2v) is 6.11. The molecule has 0 saturated carbocycles. The van der Waals surface area contributed by atoms with Crippen molar-refractivity contribution in [2.75, 3.05) is 46.9 Å². The highest BCUT2D eigenvalue weighted by atomic mass is 16.5. The molecule has 0 radical (unpaired) electrons. The maximum Gasteiger partial charge on any atom is 0.203 e. The molecular formula is C22H31N3O5. The third-order valence-electron chi connectivity index (χ3n) is 4.26. The number of ether oxygens (including phenoxy) is 5. The van der Waals surface area contributed by atoms with Gasteiger partial charge in [0.05, 0.1) is 41.6 Å². The molecule has 2 N–H and O–H groups in total. The van der Waals surface area contributed by atoms with Crippen LogP contribution < -0.4 is 34.3 Å². The minimum atomic E-state index is 0.382. The van der Waals surface area contributed by atoms with E-state index in [0.717, 1.165) is 11.3 Å². The molecule has 0 saturated heterocycles. The Kier molecular flexibility index (Phi) is 8.93. The maximum atomic E-state index is 5.65. The summed E-state index contributed by atoms with van der Waals surface area (Å²) < 4.78 is 27.3. The Morgan fingerprint density at radius 1 is 0.833 bits per heavy atom. The minimum Gasteiger partial charge on any atom is -0.493 e. The first-order chi connectivity index (χ1) is 14.6. The van der Waals surface area contributed by atoms with Crippen LogP contribution in [0.15, 0.2) is 35.3 Å². The molecule has 8 heteroatoms. The lowest BCUT2D eigenvalue weighted by Gasteiger charge is -2.16. The summed E-state index contributed by atoms with van der Waals surface area (Å²) in [6.07, 6.45) is 0. The summed E-state index contributed by atoms with van der Waals surface area (Å²) in [5.74, 6) is 3.72. The fourth-order valence-electron chi connectivity index (χ4n) is 2.92. The number of nitrogens with zero attached hydrogens (tertiary/aromatic N) is 1. The first-order valence-electron chi connectivity index (χ1n) is 9.75. The molecule has 2 aromatic rings. The van der Waals surface area contributed by atoms with Crippen molar-refractivity contribution < 1.29 is 23.7 Å². The van der Waals surface area contributed by atoms with Gasteiger partial charge in [0.15, 0.2) is 29.0 Å². The molecule has 164 valence electrons. The van der Waals surface area contributed by atoms with Gasteiger partial charge in [0, 0.05) is 23.9 Å². The van der Waals surface area contributed by atoms with Crippen LogP contribution in [-0.4, -0.2) is 47.6 Å². The topological polar surface area (TPSA) is 82.6 Å². The van der Waals surface area contributed by atoms with Crippen LogP contribution >= 0.6 is 0 Å². The molecule has 0 unspecified atom stereocenters. The van der Waals surface area contributed by atoms with Gasteiger partial charge in [-0.05, 0) is 38.1 Å². The summed E-state index contributed by atoms with van der Waals surface area (Å²) in [5.41, 5.74) is 1.70. The molecule has 0 spiro atoms. The van der Waals surface area contributed by atoms with Crippen LogP contribution in [0.2, 0.25) is 0 Å². The molecule has 8 nitrogen and oxygen atoms in total. The van der Waals surface area contributed by atoms with Gasteiger partial charge < -0.3 is 34.3 Å². The summed E-state index contributed by atoms with van der Waals surface area (Å²) in [7, 11) is 6.39. The minimum absolute atomic E-state index is 0.382. The predicted molar refractivity (Wildman–Crippen MR) is 119 cm³/mol. The molecule has 0 aliphatic carbocycles. The largest absolute Gasteiger partial charge is 0.493 e. The van der Waals surface area contributed by atoms with Gasteiger partial charge >= 0.3 is 0 Å². The number of hydrogen-bond donors (Lipinski definition) is 2. The first-order valence-corrected chi connectivity index (χ1v) is 9.75. The van der Waals surface area contributed by atoms with Gasteiger partial charge in [-0.25, -0.2) is 4.99 Å². The van der Waals surface area contributed by atoms with Gasteiger partial charge in [0.25, 0.3) is 0 Å². The zero-order valence-electron chi connectivity index (χ0n) is 18.5. The molecule has 0 aliphatic heterocycles. The number of nitrogens with one attached hydrogen (secondary N) is 2. The van der Waals surface area contributed by atoms with E-state index in [0.29, 0.717) is 54.4 Å². The number of rotatable bonds is 10. The molecule has 2 rings (SSSR count). The molecule has 0 aromatic heterocycles. The Hall–Kier alpha value is -3.29. The average Bonchev–Trinajstić information content (AvgIpc) is 2.77. The van der Waals surface area contributed by atoms with E-state index in [1.54, 1.807) is 28.4 Å². The van der Waals surface area contributed by atoms with Crippen molar-refractivity contribution in [3.63, 3.8) is 0 Å². The van der Waals surface area contributed by atoms with Crippen molar-refractivity contribution >= 4 is 11.6 Å². The highest BCUT2D eigenvalue weighted by molar-refractivity contribution is 5.94. The van der Waals surface area contributed by atoms with E-state index in [-0.39, 0.29) is 0 Å². The standard InChI is InChI=1S/C22H31N3O5/c1-7-23-22(25-16-10-12-17(26-3)19(13-16)30-8-2)24-14-15-9-11-18(27-4)21(29-6)20(15)28-5/h9-13H,7-8,14H2,1-6H3,(H2,23,24,25). The van der Waals surface area contributed by atoms with Crippen molar-refractivity contribution in [2.24, 2.45) is 4.99 Å². The lowest BCUT2D eigenvalue weighted by Crippen LogP contribution is -2.30. The molecule has 30 heavy (non-hydrogen) atoms. The molecule has 0 amide bonds. The fourth-order valence-corrected chi connectivity index (χ4v) is 2.92. The third-order valence-corrected chi connectivity index (χ3v) is 4.26. The summed E-state index contributed by atoms with van der Waals surface area (Å²) >= 11 is 0. The number of hydrogen-bond acceptors (Lipinski definition) is 6. The SMILES string of the molecule is CCNC(=NCc1ccc(OC)c(OC)c1OC)Nc1ccc(OC)c(OCC)c1. The summed E-state index contributed by atoms with van der Waals surface area (Å²) in [4.78, 5) is 4.68. The molecule has 0 atom stereocenters. The van der Waals surface area contributed by atoms with Crippen molar-refractivity contribution in [1.82, 2.24) is 5.32 Å². The van der Waals surface area contributed by atoms with Crippen LogP contribution in [-0.2, 0) is 6.54 Å². The van der Waals surface area contributed by atoms with Crippen LogP contribution in [0.25, 0.3) is 0 Å². The number of benzene rings is 2. The fraction of sp³-hybridized carbons (Fsp3) is 0.409. The summed E-state index contributed by atoms with van der Waals surface area (Å²) in [6.45, 7) is 5.58. The van der Waals surface area contributed by atoms with E-state index in [1.807, 2.05) is 44.2 Å². The van der Waals surface area contributed by atoms with Gasteiger partial charge in [-0.3, -0.25) is 0 Å². The van der Waals surface area contributed by atoms with Gasteiger partial charge in [0.2, 0.25) is 5.75 Å². The lowest BCUT2D eigenvalue weighted by atomic mass is 10.1. The van der Waals surface area contributed by atoms with E-state index in [1.165, 1.54) is 0 Å². The van der Waals surface area contributed by atoms with Crippen LogP contribution in [0, 0.1) is 0 Å². The van der Waals surface area contributed by atoms with E-state index in [4.69, 9.17) is 23.7 Å². The van der Waals surface area contributed by atoms with Crippen LogP contribution in [0.4, 0.5) is 5.69 Å². The van der Waals surface area contributed by atoms with Crippen molar-refractivity contribution in [3.05, 3.63) is 35.9 Å². The number of methoxy groups -OCH3 is 4. The molecule has 2 aromatic carbocycles. The van der Waals surface area contributed by atoms with Crippen molar-refractivity contribution in [1.29, 1.82) is 0 Å². The van der Waals surface area contributed by atoms with Gasteiger partial charge in [0.1, 0.15) is 0 Å². The van der Waals surface area contributed by atoms with Gasteiger partial charge in [-0.15, -0.1) is 0 Å². The van der Waals surface area contributed by atoms with Gasteiger partial charge in [-0.2, -0.15) is 0 Å². The second kappa shape index (κ2) is 11.6. The second-order valence-electron chi connectivity index (χ2n) is 6.11. The zero-order chi connectivity index (χ0) is 21.9. The van der Waals surface area contributed by atoms with Crippen molar-refractivity contribution in [3.8, 4) is 28.7 Å². The monoisotopic (exact) mass is 417 g/mol. The van der Waals surface area contributed by atoms with Crippen LogP contribution in [0.1, 0.15) is 19.4 Å². The molecule has 0 bridgehead atoms. The summed E-state index contributed by atoms with van der Waals surface area (Å²) in [5, 5.41) is 6.54. The Bertz CT molecular complexity index is 855. The number of anilines is 1. The predicted octanol–water partition coefficient (Wildman–Crippen LogP) is 3.70. The van der Waals surface area contributed by atoms with Crippen LogP contribution in [0.3, 0.4) is 0 Å². The van der Waals surface area contributed by atoms with E-state index < -0.39 is 0 Å². The normalized spacial score (nSPS) is 10.9. The lowest BCUT2D eigenvalue weighted by molar-refractivity contribution is 0.311. The molecule has 0 aliphatic rings. The number of guanidine groups is 1. The average molecular weight is 418 g/mol. The van der Waals surface area contributed by atoms with E-state index in [9.17, 15) is 0 Å². The van der Waals surface area contributed by atoms with Crippen molar-refractivity contribution in [2.45, 2.75) is 20.4 Å². The maximum absolute atomic E-state index is 5.65. The summed E-state index contributed by atoms with van der Waals surface area (Å²) in [6, 6.07) is 9.39. The highest BCUT2D eigenvalue weighted by Gasteiger charge is 2.15. The smallest absolute Gasteiger partial charge is 0.203 e. The van der Waals surface area contributed by atoms with Gasteiger partial charge in [-0.1, -0.05) is 0 Å². The molecular weight excluding hydrogens is 386 g/mol. The third kappa shape index (κ3) is 5.62. The Morgan fingerprint density at radius 3 is 2.13 bits per heavy atom. The highest BCUT2D eigenvalue weighted by Crippen LogP contribution is 2.40. The zero-order valence-corrected chi connectivity index (χ0v) is 18.5.